The molecular weight excluding hydrogens is 250 g/mol. The summed E-state index contributed by atoms with van der Waals surface area (Å²) in [5, 5.41) is 11.4. The molecule has 19 heavy (non-hydrogen) atoms. The molecule has 104 valence electrons. The molecule has 0 radical (unpaired) electrons. The summed E-state index contributed by atoms with van der Waals surface area (Å²) in [6, 6.07) is 3.82. The van der Waals surface area contributed by atoms with Crippen molar-refractivity contribution in [3.05, 3.63) is 23.8 Å². The highest BCUT2D eigenvalue weighted by atomic mass is 16.5. The molecule has 0 fully saturated rings. The molecule has 0 aliphatic rings. The third-order valence-electron chi connectivity index (χ3n) is 2.66. The molecule has 0 aromatic heterocycles. The smallest absolute Gasteiger partial charge is 0.326 e. The van der Waals surface area contributed by atoms with Gasteiger partial charge in [-0.2, -0.15) is 0 Å². The molecule has 2 N–H and O–H groups in total. The molecule has 0 aliphatic heterocycles. The van der Waals surface area contributed by atoms with Gasteiger partial charge in [0.15, 0.2) is 0 Å². The van der Waals surface area contributed by atoms with Crippen molar-refractivity contribution in [2.24, 2.45) is 0 Å². The van der Waals surface area contributed by atoms with Gasteiger partial charge >= 0.3 is 5.97 Å². The SMILES string of the molecule is CCC(NC(=O)c1cc(OC)ccc1OC)C(=O)O. The van der Waals surface area contributed by atoms with Gasteiger partial charge in [0, 0.05) is 0 Å². The Morgan fingerprint density at radius 1 is 1.32 bits per heavy atom. The van der Waals surface area contributed by atoms with Crippen LogP contribution in [0.2, 0.25) is 0 Å². The number of benzene rings is 1. The molecule has 6 heteroatoms. The number of hydrogen-bond donors (Lipinski definition) is 2. The van der Waals surface area contributed by atoms with Crippen molar-refractivity contribution < 1.29 is 24.2 Å². The monoisotopic (exact) mass is 267 g/mol. The molecule has 1 aromatic carbocycles. The second-order valence-corrected chi connectivity index (χ2v) is 3.84. The third-order valence-corrected chi connectivity index (χ3v) is 2.66. The fourth-order valence-electron chi connectivity index (χ4n) is 1.57. The van der Waals surface area contributed by atoms with Gasteiger partial charge in [-0.05, 0) is 24.6 Å². The zero-order chi connectivity index (χ0) is 14.4. The molecule has 0 saturated heterocycles. The van der Waals surface area contributed by atoms with Gasteiger partial charge in [0.05, 0.1) is 19.8 Å². The minimum absolute atomic E-state index is 0.238. The first-order chi connectivity index (χ1) is 9.03. The Kier molecular flexibility index (Phi) is 5.17. The lowest BCUT2D eigenvalue weighted by Gasteiger charge is -2.14. The summed E-state index contributed by atoms with van der Waals surface area (Å²) in [5.74, 6) is -0.726. The number of carbonyl (C=O) groups is 2. The van der Waals surface area contributed by atoms with E-state index in [1.807, 2.05) is 0 Å². The maximum atomic E-state index is 12.1. The lowest BCUT2D eigenvalue weighted by Crippen LogP contribution is -2.40. The Morgan fingerprint density at radius 3 is 2.47 bits per heavy atom. The fraction of sp³-hybridized carbons (Fsp3) is 0.385. The van der Waals surface area contributed by atoms with Crippen LogP contribution in [0.3, 0.4) is 0 Å². The molecule has 0 spiro atoms. The highest BCUT2D eigenvalue weighted by Crippen LogP contribution is 2.23. The number of carboxylic acid groups (broad SMARTS) is 1. The number of methoxy groups -OCH3 is 2. The van der Waals surface area contributed by atoms with E-state index < -0.39 is 17.9 Å². The van der Waals surface area contributed by atoms with Gasteiger partial charge in [0.25, 0.3) is 5.91 Å². The Balaban J connectivity index is 3.00. The number of rotatable bonds is 6. The summed E-state index contributed by atoms with van der Waals surface area (Å²) < 4.78 is 10.1. The molecule has 0 saturated carbocycles. The number of aliphatic carboxylic acids is 1. The first-order valence-corrected chi connectivity index (χ1v) is 5.79. The number of nitrogens with one attached hydrogen (secondary N) is 1. The van der Waals surface area contributed by atoms with Crippen molar-refractivity contribution in [1.82, 2.24) is 5.32 Å². The van der Waals surface area contributed by atoms with Gasteiger partial charge in [0.1, 0.15) is 17.5 Å². The van der Waals surface area contributed by atoms with E-state index in [4.69, 9.17) is 14.6 Å². The van der Waals surface area contributed by atoms with Gasteiger partial charge in [-0.1, -0.05) is 6.92 Å². The third kappa shape index (κ3) is 3.61. The summed E-state index contributed by atoms with van der Waals surface area (Å²) in [7, 11) is 2.92. The maximum absolute atomic E-state index is 12.1. The number of carbonyl (C=O) groups excluding carboxylic acids is 1. The lowest BCUT2D eigenvalue weighted by molar-refractivity contribution is -0.139. The van der Waals surface area contributed by atoms with E-state index in [0.717, 1.165) is 0 Å². The average Bonchev–Trinajstić information content (AvgIpc) is 2.43. The summed E-state index contributed by atoms with van der Waals surface area (Å²) in [6.45, 7) is 1.68. The van der Waals surface area contributed by atoms with Crippen LogP contribution in [0.5, 0.6) is 11.5 Å². The molecule has 1 atom stereocenters. The summed E-state index contributed by atoms with van der Waals surface area (Å²) in [4.78, 5) is 23.0. The van der Waals surface area contributed by atoms with Crippen molar-refractivity contribution in [3.8, 4) is 11.5 Å². The van der Waals surface area contributed by atoms with Gasteiger partial charge < -0.3 is 19.9 Å². The highest BCUT2D eigenvalue weighted by molar-refractivity contribution is 5.99. The first kappa shape index (κ1) is 14.8. The molecule has 0 heterocycles. The topological polar surface area (TPSA) is 84.9 Å². The van der Waals surface area contributed by atoms with Crippen molar-refractivity contribution >= 4 is 11.9 Å². The Hall–Kier alpha value is -2.24. The average molecular weight is 267 g/mol. The number of hydrogen-bond acceptors (Lipinski definition) is 4. The minimum atomic E-state index is -1.07. The van der Waals surface area contributed by atoms with Crippen LogP contribution in [0.1, 0.15) is 23.7 Å². The molecule has 1 rings (SSSR count). The van der Waals surface area contributed by atoms with E-state index in [0.29, 0.717) is 17.9 Å². The lowest BCUT2D eigenvalue weighted by atomic mass is 10.1. The van der Waals surface area contributed by atoms with Gasteiger partial charge in [-0.3, -0.25) is 4.79 Å². The molecule has 6 nitrogen and oxygen atoms in total. The van der Waals surface area contributed by atoms with Crippen LogP contribution >= 0.6 is 0 Å². The minimum Gasteiger partial charge on any atom is -0.497 e. The van der Waals surface area contributed by atoms with E-state index in [2.05, 4.69) is 5.32 Å². The summed E-state index contributed by atoms with van der Waals surface area (Å²) >= 11 is 0. The van der Waals surface area contributed by atoms with Crippen LogP contribution in [0.4, 0.5) is 0 Å². The molecule has 1 aromatic rings. The normalized spacial score (nSPS) is 11.5. The summed E-state index contributed by atoms with van der Waals surface area (Å²) in [6.07, 6.45) is 0.299. The van der Waals surface area contributed by atoms with E-state index >= 15 is 0 Å². The second-order valence-electron chi connectivity index (χ2n) is 3.84. The zero-order valence-electron chi connectivity index (χ0n) is 11.1. The van der Waals surface area contributed by atoms with Gasteiger partial charge in [-0.15, -0.1) is 0 Å². The van der Waals surface area contributed by atoms with Crippen LogP contribution in [-0.4, -0.2) is 37.2 Å². The van der Waals surface area contributed by atoms with E-state index in [1.54, 1.807) is 19.1 Å². The Bertz CT molecular complexity index is 472. The molecule has 0 bridgehead atoms. The van der Waals surface area contributed by atoms with Crippen LogP contribution < -0.4 is 14.8 Å². The van der Waals surface area contributed by atoms with Crippen LogP contribution in [0, 0.1) is 0 Å². The standard InChI is InChI=1S/C13H17NO5/c1-4-10(13(16)17)14-12(15)9-7-8(18-2)5-6-11(9)19-3/h5-7,10H,4H2,1-3H3,(H,14,15)(H,16,17). The molecular formula is C13H17NO5. The number of amides is 1. The predicted octanol–water partition coefficient (Wildman–Crippen LogP) is 1.30. The molecule has 0 aliphatic carbocycles. The second kappa shape index (κ2) is 6.63. The van der Waals surface area contributed by atoms with Crippen LogP contribution in [0.15, 0.2) is 18.2 Å². The number of carboxylic acids is 1. The van der Waals surface area contributed by atoms with Crippen molar-refractivity contribution in [3.63, 3.8) is 0 Å². The Morgan fingerprint density at radius 2 is 2.00 bits per heavy atom. The molecule has 1 unspecified atom stereocenters. The first-order valence-electron chi connectivity index (χ1n) is 5.79. The number of ether oxygens (including phenoxy) is 2. The predicted molar refractivity (Wildman–Crippen MR) is 68.7 cm³/mol. The fourth-order valence-corrected chi connectivity index (χ4v) is 1.57. The van der Waals surface area contributed by atoms with Crippen LogP contribution in [-0.2, 0) is 4.79 Å². The highest BCUT2D eigenvalue weighted by Gasteiger charge is 2.21. The van der Waals surface area contributed by atoms with Crippen molar-refractivity contribution in [1.29, 1.82) is 0 Å². The van der Waals surface area contributed by atoms with Crippen LogP contribution in [0.25, 0.3) is 0 Å². The van der Waals surface area contributed by atoms with E-state index in [1.165, 1.54) is 20.3 Å². The maximum Gasteiger partial charge on any atom is 0.326 e. The van der Waals surface area contributed by atoms with Gasteiger partial charge in [-0.25, -0.2) is 4.79 Å². The largest absolute Gasteiger partial charge is 0.497 e. The quantitative estimate of drug-likeness (QED) is 0.811. The van der Waals surface area contributed by atoms with E-state index in [9.17, 15) is 9.59 Å². The van der Waals surface area contributed by atoms with Gasteiger partial charge in [0.2, 0.25) is 0 Å². The zero-order valence-corrected chi connectivity index (χ0v) is 11.1. The van der Waals surface area contributed by atoms with E-state index in [-0.39, 0.29) is 5.56 Å². The summed E-state index contributed by atoms with van der Waals surface area (Å²) in [5.41, 5.74) is 0.238. The Labute approximate surface area is 111 Å². The molecule has 1 amide bonds. The van der Waals surface area contributed by atoms with Crippen molar-refractivity contribution in [2.75, 3.05) is 14.2 Å². The van der Waals surface area contributed by atoms with Crippen molar-refractivity contribution in [2.45, 2.75) is 19.4 Å².